The first-order chi connectivity index (χ1) is 13.6. The van der Waals surface area contributed by atoms with Crippen molar-refractivity contribution in [2.45, 2.75) is 29.6 Å². The minimum Gasteiger partial charge on any atom is -0.497 e. The third kappa shape index (κ3) is 2.07. The van der Waals surface area contributed by atoms with Crippen molar-refractivity contribution in [2.24, 2.45) is 0 Å². The Bertz CT molecular complexity index is 1000. The summed E-state index contributed by atoms with van der Waals surface area (Å²) < 4.78 is 11.9. The van der Waals surface area contributed by atoms with Crippen LogP contribution in [0.25, 0.3) is 0 Å². The lowest BCUT2D eigenvalue weighted by Crippen LogP contribution is -2.51. The smallest absolute Gasteiger partial charge is 0.176 e. The van der Waals surface area contributed by atoms with E-state index >= 15 is 0 Å². The maximum absolute atomic E-state index is 12.0. The Kier molecular flexibility index (Phi) is 3.76. The molecule has 3 aromatic rings. The normalized spacial score (nSPS) is 30.4. The Labute approximate surface area is 164 Å². The van der Waals surface area contributed by atoms with Crippen LogP contribution >= 0.6 is 0 Å². The first-order valence-electron chi connectivity index (χ1n) is 9.49. The molecule has 2 N–H and O–H groups in total. The molecule has 0 amide bonds. The Morgan fingerprint density at radius 2 is 1.61 bits per heavy atom. The van der Waals surface area contributed by atoms with Gasteiger partial charge in [0.25, 0.3) is 0 Å². The predicted octanol–water partition coefficient (Wildman–Crippen LogP) is 3.72. The van der Waals surface area contributed by atoms with E-state index in [1.54, 1.807) is 7.11 Å². The number of rotatable bonds is 3. The molecule has 0 unspecified atom stereocenters. The van der Waals surface area contributed by atoms with Crippen molar-refractivity contribution in [3.8, 4) is 11.5 Å². The second kappa shape index (κ2) is 6.09. The van der Waals surface area contributed by atoms with E-state index in [2.05, 4.69) is 0 Å². The molecule has 2 aliphatic rings. The van der Waals surface area contributed by atoms with Gasteiger partial charge in [-0.3, -0.25) is 0 Å². The third-order valence-corrected chi connectivity index (χ3v) is 6.29. The number of fused-ring (bicyclic) bond motifs is 3. The zero-order valence-corrected chi connectivity index (χ0v) is 15.6. The van der Waals surface area contributed by atoms with Gasteiger partial charge in [-0.15, -0.1) is 0 Å². The van der Waals surface area contributed by atoms with Crippen LogP contribution in [-0.4, -0.2) is 23.4 Å². The topological polar surface area (TPSA) is 58.9 Å². The van der Waals surface area contributed by atoms with Gasteiger partial charge in [0.1, 0.15) is 11.5 Å². The molecule has 1 aliphatic heterocycles. The van der Waals surface area contributed by atoms with E-state index in [4.69, 9.17) is 9.47 Å². The number of aliphatic hydroxyl groups excluding tert-OH is 1. The highest BCUT2D eigenvalue weighted by Crippen LogP contribution is 2.66. The minimum absolute atomic E-state index is 0.213. The average Bonchev–Trinajstić information content (AvgIpc) is 3.15. The van der Waals surface area contributed by atoms with Gasteiger partial charge in [0.05, 0.1) is 13.2 Å². The molecule has 1 fully saturated rings. The summed E-state index contributed by atoms with van der Waals surface area (Å²) in [5.74, 6) is 1.13. The second-order valence-electron chi connectivity index (χ2n) is 7.54. The lowest BCUT2D eigenvalue weighted by Gasteiger charge is -2.40. The van der Waals surface area contributed by atoms with Crippen LogP contribution in [0.15, 0.2) is 78.9 Å². The standard InChI is InChI=1S/C24H22O4/c1-27-18-13-11-17(12-14-18)24-20(16-7-3-2-4-8-16)15-22(25)23(24,26)19-9-5-6-10-21(19)28-24/h2-14,20,22,25-26H,15H2,1H3/t20-,22-,23-,24-/m0/s1. The van der Waals surface area contributed by atoms with Gasteiger partial charge in [-0.25, -0.2) is 0 Å². The highest BCUT2D eigenvalue weighted by atomic mass is 16.5. The van der Waals surface area contributed by atoms with Gasteiger partial charge in [-0.1, -0.05) is 60.7 Å². The fourth-order valence-corrected chi connectivity index (χ4v) is 5.02. The Morgan fingerprint density at radius 3 is 2.32 bits per heavy atom. The second-order valence-corrected chi connectivity index (χ2v) is 7.54. The van der Waals surface area contributed by atoms with Crippen molar-refractivity contribution in [3.63, 3.8) is 0 Å². The minimum atomic E-state index is -1.54. The Morgan fingerprint density at radius 1 is 0.929 bits per heavy atom. The monoisotopic (exact) mass is 374 g/mol. The summed E-state index contributed by atoms with van der Waals surface area (Å²) in [5, 5.41) is 23.1. The van der Waals surface area contributed by atoms with E-state index in [0.29, 0.717) is 17.7 Å². The fourth-order valence-electron chi connectivity index (χ4n) is 5.02. The molecule has 1 heterocycles. The number of ether oxygens (including phenoxy) is 2. The molecule has 4 atom stereocenters. The quantitative estimate of drug-likeness (QED) is 0.734. The molecule has 4 nitrogen and oxygen atoms in total. The van der Waals surface area contributed by atoms with Gasteiger partial charge in [0.2, 0.25) is 0 Å². The van der Waals surface area contributed by atoms with Crippen molar-refractivity contribution in [2.75, 3.05) is 7.11 Å². The van der Waals surface area contributed by atoms with Gasteiger partial charge in [0, 0.05) is 11.5 Å². The Hall–Kier alpha value is -2.82. The van der Waals surface area contributed by atoms with Crippen molar-refractivity contribution in [1.29, 1.82) is 0 Å². The SMILES string of the molecule is COc1ccc([C@@]23Oc4ccccc4[C@]2(O)[C@@H](O)C[C@H]3c2ccccc2)cc1. The van der Waals surface area contributed by atoms with E-state index in [-0.39, 0.29) is 5.92 Å². The van der Waals surface area contributed by atoms with Crippen molar-refractivity contribution >= 4 is 0 Å². The molecule has 0 aromatic heterocycles. The van der Waals surface area contributed by atoms with Crippen LogP contribution in [0.1, 0.15) is 29.0 Å². The summed E-state index contributed by atoms with van der Waals surface area (Å²) in [7, 11) is 1.62. The largest absolute Gasteiger partial charge is 0.497 e. The number of para-hydroxylation sites is 1. The molecule has 3 aromatic carbocycles. The summed E-state index contributed by atoms with van der Waals surface area (Å²) in [4.78, 5) is 0. The van der Waals surface area contributed by atoms with Gasteiger partial charge in [-0.2, -0.15) is 0 Å². The van der Waals surface area contributed by atoms with Crippen LogP contribution in [-0.2, 0) is 11.2 Å². The van der Waals surface area contributed by atoms with Gasteiger partial charge >= 0.3 is 0 Å². The zero-order valence-electron chi connectivity index (χ0n) is 15.6. The summed E-state index contributed by atoms with van der Waals surface area (Å²) in [6, 6.07) is 25.0. The lowest BCUT2D eigenvalue weighted by atomic mass is 9.71. The van der Waals surface area contributed by atoms with Crippen LogP contribution in [0.2, 0.25) is 0 Å². The first kappa shape index (κ1) is 17.3. The van der Waals surface area contributed by atoms with Crippen molar-refractivity contribution < 1.29 is 19.7 Å². The number of hydrogen-bond acceptors (Lipinski definition) is 4. The molecule has 5 rings (SSSR count). The van der Waals surface area contributed by atoms with Gasteiger partial charge in [-0.05, 0) is 35.7 Å². The maximum Gasteiger partial charge on any atom is 0.176 e. The third-order valence-electron chi connectivity index (χ3n) is 6.29. The summed E-state index contributed by atoms with van der Waals surface area (Å²) in [6.45, 7) is 0. The van der Waals surface area contributed by atoms with Gasteiger partial charge in [0.15, 0.2) is 11.2 Å². The molecular formula is C24H22O4. The van der Waals surface area contributed by atoms with E-state index in [1.165, 1.54) is 0 Å². The van der Waals surface area contributed by atoms with Crippen LogP contribution in [0, 0.1) is 0 Å². The number of benzene rings is 3. The van der Waals surface area contributed by atoms with Crippen LogP contribution in [0.5, 0.6) is 11.5 Å². The Balaban J connectivity index is 1.78. The summed E-state index contributed by atoms with van der Waals surface area (Å²) >= 11 is 0. The number of methoxy groups -OCH3 is 1. The molecule has 0 spiro atoms. The molecule has 4 heteroatoms. The highest BCUT2D eigenvalue weighted by molar-refractivity contribution is 5.54. The summed E-state index contributed by atoms with van der Waals surface area (Å²) in [5.41, 5.74) is -0.183. The van der Waals surface area contributed by atoms with E-state index in [1.807, 2.05) is 78.9 Å². The average molecular weight is 374 g/mol. The van der Waals surface area contributed by atoms with Crippen molar-refractivity contribution in [3.05, 3.63) is 95.6 Å². The van der Waals surface area contributed by atoms with Gasteiger partial charge < -0.3 is 19.7 Å². The van der Waals surface area contributed by atoms with E-state index in [0.717, 1.165) is 16.9 Å². The summed E-state index contributed by atoms with van der Waals surface area (Å²) in [6.07, 6.45) is -0.551. The molecule has 0 saturated heterocycles. The van der Waals surface area contributed by atoms with Crippen molar-refractivity contribution in [1.82, 2.24) is 0 Å². The molecule has 1 saturated carbocycles. The predicted molar refractivity (Wildman–Crippen MR) is 105 cm³/mol. The molecule has 28 heavy (non-hydrogen) atoms. The molecule has 1 aliphatic carbocycles. The lowest BCUT2D eigenvalue weighted by molar-refractivity contribution is -0.149. The number of hydrogen-bond donors (Lipinski definition) is 2. The highest BCUT2D eigenvalue weighted by Gasteiger charge is 2.72. The zero-order chi connectivity index (χ0) is 19.4. The molecule has 0 bridgehead atoms. The fraction of sp³-hybridized carbons (Fsp3) is 0.250. The van der Waals surface area contributed by atoms with Crippen LogP contribution in [0.3, 0.4) is 0 Å². The molecular weight excluding hydrogens is 352 g/mol. The van der Waals surface area contributed by atoms with Crippen LogP contribution < -0.4 is 9.47 Å². The van der Waals surface area contributed by atoms with Crippen LogP contribution in [0.4, 0.5) is 0 Å². The maximum atomic E-state index is 12.0. The molecule has 0 radical (unpaired) electrons. The molecule has 142 valence electrons. The van der Waals surface area contributed by atoms with E-state index < -0.39 is 17.3 Å². The number of aliphatic hydroxyl groups is 2. The first-order valence-corrected chi connectivity index (χ1v) is 9.49. The van der Waals surface area contributed by atoms with E-state index in [9.17, 15) is 10.2 Å².